The molecule has 178 valence electrons. The fourth-order valence-electron chi connectivity index (χ4n) is 3.78. The van der Waals surface area contributed by atoms with Crippen LogP contribution in [0.2, 0.25) is 0 Å². The Morgan fingerprint density at radius 1 is 0.909 bits per heavy atom. The fraction of sp³-hybridized carbons (Fsp3) is 0.409. The lowest BCUT2D eigenvalue weighted by Gasteiger charge is -2.39. The summed E-state index contributed by atoms with van der Waals surface area (Å²) in [6.45, 7) is -0.645. The molecule has 1 aromatic heterocycles. The largest absolute Gasteiger partial charge is 0.497 e. The lowest BCUT2D eigenvalue weighted by Crippen LogP contribution is -2.60. The number of hydrogen-bond donors (Lipinski definition) is 4. The molecule has 0 spiro atoms. The van der Waals surface area contributed by atoms with Crippen LogP contribution in [0.15, 0.2) is 33.5 Å². The van der Waals surface area contributed by atoms with Gasteiger partial charge in [0.05, 0.1) is 33.3 Å². The average Bonchev–Trinajstić information content (AvgIpc) is 2.83. The Bertz CT molecular complexity index is 1220. The minimum Gasteiger partial charge on any atom is -0.497 e. The van der Waals surface area contributed by atoms with Crippen molar-refractivity contribution >= 4 is 21.9 Å². The molecule has 1 aliphatic rings. The quantitative estimate of drug-likeness (QED) is 0.368. The molecular formula is C22H24O11. The second kappa shape index (κ2) is 9.04. The highest BCUT2D eigenvalue weighted by Gasteiger charge is 2.45. The summed E-state index contributed by atoms with van der Waals surface area (Å²) < 4.78 is 33.1. The van der Waals surface area contributed by atoms with Crippen molar-refractivity contribution in [1.82, 2.24) is 0 Å². The smallest absolute Gasteiger partial charge is 0.229 e. The minimum atomic E-state index is -1.71. The van der Waals surface area contributed by atoms with E-state index < -0.39 is 42.7 Å². The Labute approximate surface area is 187 Å². The first-order valence-electron chi connectivity index (χ1n) is 10.0. The third-order valence-corrected chi connectivity index (χ3v) is 5.55. The number of hydrogen-bond acceptors (Lipinski definition) is 11. The summed E-state index contributed by atoms with van der Waals surface area (Å²) >= 11 is 0. The lowest BCUT2D eigenvalue weighted by atomic mass is 9.99. The van der Waals surface area contributed by atoms with Gasteiger partial charge in [-0.3, -0.25) is 4.79 Å². The first kappa shape index (κ1) is 23.1. The molecule has 5 unspecified atom stereocenters. The van der Waals surface area contributed by atoms with Crippen LogP contribution < -0.4 is 24.4 Å². The van der Waals surface area contributed by atoms with Gasteiger partial charge in [-0.25, -0.2) is 0 Å². The van der Waals surface area contributed by atoms with Gasteiger partial charge in [0.25, 0.3) is 0 Å². The number of rotatable bonds is 6. The van der Waals surface area contributed by atoms with Gasteiger partial charge in [0.15, 0.2) is 11.5 Å². The van der Waals surface area contributed by atoms with E-state index in [0.29, 0.717) is 11.3 Å². The van der Waals surface area contributed by atoms with Crippen molar-refractivity contribution in [2.75, 3.05) is 27.9 Å². The van der Waals surface area contributed by atoms with Crippen molar-refractivity contribution < 1.29 is 48.5 Å². The van der Waals surface area contributed by atoms with E-state index in [1.807, 2.05) is 0 Å². The van der Waals surface area contributed by atoms with Gasteiger partial charge in [-0.2, -0.15) is 0 Å². The first-order chi connectivity index (χ1) is 15.8. The third-order valence-electron chi connectivity index (χ3n) is 5.55. The van der Waals surface area contributed by atoms with Crippen molar-refractivity contribution in [2.24, 2.45) is 0 Å². The Hall–Kier alpha value is -3.09. The molecule has 33 heavy (non-hydrogen) atoms. The van der Waals surface area contributed by atoms with Crippen molar-refractivity contribution in [2.45, 2.75) is 30.7 Å². The normalized spacial score (nSPS) is 25.2. The van der Waals surface area contributed by atoms with Gasteiger partial charge in [-0.1, -0.05) is 0 Å². The molecular weight excluding hydrogens is 440 g/mol. The van der Waals surface area contributed by atoms with Gasteiger partial charge in [0.1, 0.15) is 46.7 Å². The maximum Gasteiger partial charge on any atom is 0.229 e. The molecule has 11 nitrogen and oxygen atoms in total. The number of fused-ring (bicyclic) bond motifs is 2. The molecule has 2 aromatic carbocycles. The van der Waals surface area contributed by atoms with Crippen molar-refractivity contribution in [1.29, 1.82) is 0 Å². The molecule has 2 heterocycles. The molecule has 3 aromatic rings. The molecule has 0 bridgehead atoms. The van der Waals surface area contributed by atoms with Gasteiger partial charge in [-0.15, -0.1) is 0 Å². The second-order valence-electron chi connectivity index (χ2n) is 7.42. The van der Waals surface area contributed by atoms with Gasteiger partial charge in [0, 0.05) is 6.07 Å². The molecule has 11 heteroatoms. The SMILES string of the molecule is COc1ccc2oc3cc(OC)c(OC)c(OC4OC(CO)C(O)C(O)C4O)c3c(=O)c2c1. The fourth-order valence-corrected chi connectivity index (χ4v) is 3.78. The summed E-state index contributed by atoms with van der Waals surface area (Å²) in [5, 5.41) is 40.2. The van der Waals surface area contributed by atoms with Gasteiger partial charge in [-0.05, 0) is 18.2 Å². The summed E-state index contributed by atoms with van der Waals surface area (Å²) in [5.41, 5.74) is -0.0834. The molecule has 0 radical (unpaired) electrons. The van der Waals surface area contributed by atoms with Crippen molar-refractivity contribution in [3.05, 3.63) is 34.5 Å². The minimum absolute atomic E-state index is 0.0107. The van der Waals surface area contributed by atoms with Crippen LogP contribution in [0, 0.1) is 0 Å². The van der Waals surface area contributed by atoms with Gasteiger partial charge < -0.3 is 48.5 Å². The van der Waals surface area contributed by atoms with Crippen LogP contribution in [-0.4, -0.2) is 79.1 Å². The summed E-state index contributed by atoms with van der Waals surface area (Å²) in [4.78, 5) is 13.5. The first-order valence-corrected chi connectivity index (χ1v) is 10.0. The number of aliphatic hydroxyl groups is 4. The number of methoxy groups -OCH3 is 3. The van der Waals surface area contributed by atoms with Crippen LogP contribution in [-0.2, 0) is 4.74 Å². The van der Waals surface area contributed by atoms with E-state index >= 15 is 0 Å². The zero-order valence-electron chi connectivity index (χ0n) is 18.0. The molecule has 0 aliphatic carbocycles. The van der Waals surface area contributed by atoms with E-state index in [9.17, 15) is 25.2 Å². The van der Waals surface area contributed by atoms with E-state index in [0.717, 1.165) is 0 Å². The molecule has 1 saturated heterocycles. The topological polar surface area (TPSA) is 157 Å². The zero-order chi connectivity index (χ0) is 23.9. The van der Waals surface area contributed by atoms with E-state index in [1.54, 1.807) is 12.1 Å². The number of benzene rings is 2. The van der Waals surface area contributed by atoms with Gasteiger partial charge >= 0.3 is 0 Å². The number of aliphatic hydroxyl groups excluding tert-OH is 4. The summed E-state index contributed by atoms with van der Waals surface area (Å²) in [6, 6.07) is 6.20. The molecule has 1 aliphatic heterocycles. The predicted molar refractivity (Wildman–Crippen MR) is 114 cm³/mol. The van der Waals surface area contributed by atoms with E-state index in [1.165, 1.54) is 33.5 Å². The van der Waals surface area contributed by atoms with E-state index in [2.05, 4.69) is 0 Å². The van der Waals surface area contributed by atoms with Crippen LogP contribution in [0.3, 0.4) is 0 Å². The molecule has 4 N–H and O–H groups in total. The summed E-state index contributed by atoms with van der Waals surface area (Å²) in [5.74, 6) is 0.442. The van der Waals surface area contributed by atoms with Gasteiger partial charge in [0.2, 0.25) is 17.5 Å². The summed E-state index contributed by atoms with van der Waals surface area (Å²) in [7, 11) is 4.17. The Balaban J connectivity index is 1.95. The van der Waals surface area contributed by atoms with Crippen molar-refractivity contribution in [3.63, 3.8) is 0 Å². The predicted octanol–water partition coefficient (Wildman–Crippen LogP) is 0.151. The summed E-state index contributed by atoms with van der Waals surface area (Å²) in [6.07, 6.45) is -7.73. The van der Waals surface area contributed by atoms with Crippen LogP contribution in [0.4, 0.5) is 0 Å². The molecule has 0 saturated carbocycles. The molecule has 4 rings (SSSR count). The third kappa shape index (κ3) is 3.83. The Kier molecular flexibility index (Phi) is 6.32. The number of ether oxygens (including phenoxy) is 5. The van der Waals surface area contributed by atoms with Crippen LogP contribution in [0.1, 0.15) is 0 Å². The molecule has 0 amide bonds. The standard InChI is InChI=1S/C22H24O11/c1-28-9-4-5-11-10(6-9)16(24)15-12(31-11)7-13(29-2)20(30-3)21(15)33-22-19(27)18(26)17(25)14(8-23)32-22/h4-7,14,17-19,22-23,25-27H,8H2,1-3H3. The lowest BCUT2D eigenvalue weighted by molar-refractivity contribution is -0.277. The van der Waals surface area contributed by atoms with E-state index in [-0.39, 0.29) is 33.6 Å². The monoisotopic (exact) mass is 464 g/mol. The Morgan fingerprint density at radius 3 is 2.30 bits per heavy atom. The zero-order valence-corrected chi connectivity index (χ0v) is 18.0. The maximum atomic E-state index is 13.5. The highest BCUT2D eigenvalue weighted by Crippen LogP contribution is 2.44. The highest BCUT2D eigenvalue weighted by atomic mass is 16.7. The molecule has 1 fully saturated rings. The highest BCUT2D eigenvalue weighted by molar-refractivity contribution is 5.96. The van der Waals surface area contributed by atoms with Crippen LogP contribution in [0.25, 0.3) is 21.9 Å². The maximum absolute atomic E-state index is 13.5. The average molecular weight is 464 g/mol. The van der Waals surface area contributed by atoms with E-state index in [4.69, 9.17) is 28.1 Å². The van der Waals surface area contributed by atoms with Crippen LogP contribution >= 0.6 is 0 Å². The van der Waals surface area contributed by atoms with Crippen LogP contribution in [0.5, 0.6) is 23.0 Å². The second-order valence-corrected chi connectivity index (χ2v) is 7.42. The van der Waals surface area contributed by atoms with Crippen molar-refractivity contribution in [3.8, 4) is 23.0 Å². The molecule has 5 atom stereocenters. The Morgan fingerprint density at radius 2 is 1.67 bits per heavy atom.